The summed E-state index contributed by atoms with van der Waals surface area (Å²) in [6, 6.07) is 11.8. The van der Waals surface area contributed by atoms with E-state index in [1.807, 2.05) is 38.1 Å². The van der Waals surface area contributed by atoms with Gasteiger partial charge in [0.25, 0.3) is 0 Å². The van der Waals surface area contributed by atoms with Gasteiger partial charge in [0.1, 0.15) is 18.1 Å². The lowest BCUT2D eigenvalue weighted by molar-refractivity contribution is -0.143. The van der Waals surface area contributed by atoms with Gasteiger partial charge in [-0.25, -0.2) is 4.79 Å². The number of carbonyl (C=O) groups is 4. The minimum absolute atomic E-state index is 0.0524. The summed E-state index contributed by atoms with van der Waals surface area (Å²) in [6.45, 7) is 3.06. The molecule has 0 fully saturated rings. The van der Waals surface area contributed by atoms with E-state index >= 15 is 0 Å². The van der Waals surface area contributed by atoms with Gasteiger partial charge < -0.3 is 36.9 Å². The molecule has 0 bridgehead atoms. The first-order valence-electron chi connectivity index (χ1n) is 13.2. The van der Waals surface area contributed by atoms with Crippen LogP contribution >= 0.6 is 0 Å². The largest absolute Gasteiger partial charge is 0.480 e. The maximum absolute atomic E-state index is 13.7. The van der Waals surface area contributed by atoms with Crippen LogP contribution in [0.15, 0.2) is 60.8 Å². The number of aromatic nitrogens is 1. The molecule has 1 aromatic heterocycles. The van der Waals surface area contributed by atoms with Gasteiger partial charge in [0.15, 0.2) is 0 Å². The number of H-pyrrole nitrogens is 1. The van der Waals surface area contributed by atoms with Gasteiger partial charge in [-0.2, -0.15) is 0 Å². The lowest BCUT2D eigenvalue weighted by Gasteiger charge is -2.25. The SMILES string of the molecule is CC(C)CC(N)C(=O)NC(Cc1c[nH]c2ccccc12)C(=O)NC(Cc1ccccc1)C(=O)NC(CO)C(=O)O. The molecule has 0 saturated heterocycles. The number of rotatable bonds is 14. The Labute approximate surface area is 232 Å². The molecule has 0 aliphatic rings. The molecule has 3 amide bonds. The van der Waals surface area contributed by atoms with E-state index in [-0.39, 0.29) is 18.8 Å². The van der Waals surface area contributed by atoms with Crippen molar-refractivity contribution < 1.29 is 29.4 Å². The highest BCUT2D eigenvalue weighted by Crippen LogP contribution is 2.19. The number of nitrogens with two attached hydrogens (primary N) is 1. The standard InChI is InChI=1S/C29H37N5O6/c1-17(2)12-21(30)26(36)32-24(14-19-15-31-22-11-7-6-10-20(19)22)28(38)33-23(13-18-8-4-3-5-9-18)27(37)34-25(16-35)29(39)40/h3-11,15,17,21,23-25,31,35H,12-14,16,30H2,1-2H3,(H,32,36)(H,33,38)(H,34,37)(H,39,40). The normalized spacial score (nSPS) is 14.2. The van der Waals surface area contributed by atoms with Crippen molar-refractivity contribution in [1.29, 1.82) is 0 Å². The molecule has 0 aliphatic heterocycles. The van der Waals surface area contributed by atoms with Crippen molar-refractivity contribution in [3.63, 3.8) is 0 Å². The third-order valence-electron chi connectivity index (χ3n) is 6.51. The lowest BCUT2D eigenvalue weighted by atomic mass is 10.0. The molecule has 3 aromatic rings. The van der Waals surface area contributed by atoms with Crippen LogP contribution in [0.5, 0.6) is 0 Å². The molecule has 8 N–H and O–H groups in total. The molecular weight excluding hydrogens is 514 g/mol. The number of hydrogen-bond donors (Lipinski definition) is 7. The van der Waals surface area contributed by atoms with Crippen molar-refractivity contribution in [3.05, 3.63) is 71.9 Å². The summed E-state index contributed by atoms with van der Waals surface area (Å²) in [5, 5.41) is 27.3. The molecule has 11 heteroatoms. The Bertz CT molecular complexity index is 1310. The molecule has 0 radical (unpaired) electrons. The van der Waals surface area contributed by atoms with Gasteiger partial charge in [-0.3, -0.25) is 14.4 Å². The Morgan fingerprint density at radius 3 is 2.02 bits per heavy atom. The molecule has 4 unspecified atom stereocenters. The molecule has 1 heterocycles. The Balaban J connectivity index is 1.88. The number of aliphatic hydroxyl groups is 1. The summed E-state index contributed by atoms with van der Waals surface area (Å²) < 4.78 is 0. The second kappa shape index (κ2) is 14.2. The van der Waals surface area contributed by atoms with Gasteiger partial charge in [-0.15, -0.1) is 0 Å². The lowest BCUT2D eigenvalue weighted by Crippen LogP contribution is -2.58. The van der Waals surface area contributed by atoms with Crippen molar-refractivity contribution in [2.24, 2.45) is 11.7 Å². The zero-order valence-electron chi connectivity index (χ0n) is 22.6. The number of carbonyl (C=O) groups excluding carboxylic acids is 3. The third kappa shape index (κ3) is 8.39. The fourth-order valence-corrected chi connectivity index (χ4v) is 4.41. The number of hydrogen-bond acceptors (Lipinski definition) is 6. The van der Waals surface area contributed by atoms with Crippen LogP contribution in [-0.2, 0) is 32.0 Å². The van der Waals surface area contributed by atoms with E-state index in [4.69, 9.17) is 5.73 Å². The van der Waals surface area contributed by atoms with Crippen LogP contribution in [-0.4, -0.2) is 69.7 Å². The summed E-state index contributed by atoms with van der Waals surface area (Å²) in [6.07, 6.45) is 2.35. The number of carboxylic acid groups (broad SMARTS) is 1. The molecule has 0 saturated carbocycles. The number of benzene rings is 2. The van der Waals surface area contributed by atoms with Crippen LogP contribution in [0.25, 0.3) is 10.9 Å². The number of aliphatic carboxylic acids is 1. The first-order valence-corrected chi connectivity index (χ1v) is 13.2. The second-order valence-electron chi connectivity index (χ2n) is 10.2. The highest BCUT2D eigenvalue weighted by Gasteiger charge is 2.31. The van der Waals surface area contributed by atoms with Crippen LogP contribution in [0.3, 0.4) is 0 Å². The van der Waals surface area contributed by atoms with Gasteiger partial charge in [-0.05, 0) is 29.5 Å². The summed E-state index contributed by atoms with van der Waals surface area (Å²) in [4.78, 5) is 54.3. The first-order chi connectivity index (χ1) is 19.1. The smallest absolute Gasteiger partial charge is 0.328 e. The number of fused-ring (bicyclic) bond motifs is 1. The van der Waals surface area contributed by atoms with Gasteiger partial charge in [0, 0.05) is 29.9 Å². The van der Waals surface area contributed by atoms with Crippen molar-refractivity contribution in [1.82, 2.24) is 20.9 Å². The highest BCUT2D eigenvalue weighted by molar-refractivity contribution is 5.95. The number of aromatic amines is 1. The summed E-state index contributed by atoms with van der Waals surface area (Å²) in [5.74, 6) is -3.17. The van der Waals surface area contributed by atoms with Crippen molar-refractivity contribution in [2.75, 3.05) is 6.61 Å². The Hall–Kier alpha value is -4.22. The third-order valence-corrected chi connectivity index (χ3v) is 6.51. The second-order valence-corrected chi connectivity index (χ2v) is 10.2. The van der Waals surface area contributed by atoms with E-state index in [9.17, 15) is 29.4 Å². The minimum Gasteiger partial charge on any atom is -0.480 e. The van der Waals surface area contributed by atoms with Crippen molar-refractivity contribution >= 4 is 34.6 Å². The Morgan fingerprint density at radius 2 is 1.40 bits per heavy atom. The van der Waals surface area contributed by atoms with Crippen molar-refractivity contribution in [3.8, 4) is 0 Å². The predicted octanol–water partition coefficient (Wildman–Crippen LogP) is 0.858. The molecule has 11 nitrogen and oxygen atoms in total. The molecule has 3 rings (SSSR count). The average Bonchev–Trinajstić information content (AvgIpc) is 3.33. The number of amides is 3. The van der Waals surface area contributed by atoms with Crippen LogP contribution < -0.4 is 21.7 Å². The molecule has 214 valence electrons. The average molecular weight is 552 g/mol. The maximum Gasteiger partial charge on any atom is 0.328 e. The van der Waals surface area contributed by atoms with Crippen LogP contribution in [0, 0.1) is 5.92 Å². The zero-order valence-corrected chi connectivity index (χ0v) is 22.6. The van der Waals surface area contributed by atoms with Crippen LogP contribution in [0.1, 0.15) is 31.4 Å². The Morgan fingerprint density at radius 1 is 0.825 bits per heavy atom. The molecule has 0 aliphatic carbocycles. The Kier molecular flexibility index (Phi) is 10.8. The predicted molar refractivity (Wildman–Crippen MR) is 150 cm³/mol. The minimum atomic E-state index is -1.54. The number of aliphatic hydroxyl groups excluding tert-OH is 1. The van der Waals surface area contributed by atoms with E-state index in [1.165, 1.54) is 0 Å². The number of carboxylic acids is 1. The maximum atomic E-state index is 13.7. The number of para-hydroxylation sites is 1. The molecule has 2 aromatic carbocycles. The summed E-state index contributed by atoms with van der Waals surface area (Å²) in [5.41, 5.74) is 8.45. The van der Waals surface area contributed by atoms with Crippen LogP contribution in [0.2, 0.25) is 0 Å². The molecule has 0 spiro atoms. The van der Waals surface area contributed by atoms with Gasteiger partial charge in [0.05, 0.1) is 12.6 Å². The fourth-order valence-electron chi connectivity index (χ4n) is 4.41. The van der Waals surface area contributed by atoms with Crippen LogP contribution in [0.4, 0.5) is 0 Å². The van der Waals surface area contributed by atoms with Gasteiger partial charge >= 0.3 is 5.97 Å². The summed E-state index contributed by atoms with van der Waals surface area (Å²) in [7, 11) is 0. The summed E-state index contributed by atoms with van der Waals surface area (Å²) >= 11 is 0. The van der Waals surface area contributed by atoms with E-state index in [0.29, 0.717) is 6.42 Å². The molecule has 4 atom stereocenters. The monoisotopic (exact) mass is 551 g/mol. The molecule has 40 heavy (non-hydrogen) atoms. The topological polar surface area (TPSA) is 187 Å². The van der Waals surface area contributed by atoms with E-state index in [2.05, 4.69) is 20.9 Å². The van der Waals surface area contributed by atoms with Crippen molar-refractivity contribution in [2.45, 2.75) is 57.3 Å². The zero-order chi connectivity index (χ0) is 29.2. The fraction of sp³-hybridized carbons (Fsp3) is 0.379. The van der Waals surface area contributed by atoms with Gasteiger partial charge in [-0.1, -0.05) is 62.4 Å². The number of nitrogens with one attached hydrogen (secondary N) is 4. The quantitative estimate of drug-likeness (QED) is 0.155. The van der Waals surface area contributed by atoms with Gasteiger partial charge in [0.2, 0.25) is 17.7 Å². The highest BCUT2D eigenvalue weighted by atomic mass is 16.4. The van der Waals surface area contributed by atoms with E-state index < -0.39 is 54.5 Å². The first kappa shape index (κ1) is 30.3. The van der Waals surface area contributed by atoms with E-state index in [0.717, 1.165) is 22.0 Å². The van der Waals surface area contributed by atoms with E-state index in [1.54, 1.807) is 36.5 Å². The molecular formula is C29H37N5O6.